The van der Waals surface area contributed by atoms with Gasteiger partial charge in [0.25, 0.3) is 0 Å². The number of azide groups is 1. The molecule has 0 aromatic carbocycles. The summed E-state index contributed by atoms with van der Waals surface area (Å²) < 4.78 is 3.89. The lowest BCUT2D eigenvalue weighted by Gasteiger charge is -2.02. The van der Waals surface area contributed by atoms with E-state index >= 15 is 0 Å². The summed E-state index contributed by atoms with van der Waals surface area (Å²) in [4.78, 5) is 13.2. The molecule has 0 spiro atoms. The molecule has 0 saturated heterocycles. The van der Waals surface area contributed by atoms with E-state index in [1.807, 2.05) is 6.92 Å². The van der Waals surface area contributed by atoms with Crippen LogP contribution in [0.1, 0.15) is 19.8 Å². The summed E-state index contributed by atoms with van der Waals surface area (Å²) in [5.74, 6) is -0.702. The van der Waals surface area contributed by atoms with Gasteiger partial charge >= 0.3 is 5.97 Å². The molecule has 0 aliphatic rings. The first-order valence-electron chi connectivity index (χ1n) is 3.12. The molecule has 0 heterocycles. The highest BCUT2D eigenvalue weighted by Gasteiger charge is 2.16. The van der Waals surface area contributed by atoms with Crippen LogP contribution in [0.5, 0.6) is 0 Å². The van der Waals surface area contributed by atoms with E-state index in [0.29, 0.717) is 6.42 Å². The number of halogens is 1. The summed E-state index contributed by atoms with van der Waals surface area (Å²) in [5.41, 5.74) is 8.02. The second-order valence-electron chi connectivity index (χ2n) is 1.91. The summed E-state index contributed by atoms with van der Waals surface area (Å²) in [5, 5.41) is 3.21. The first-order chi connectivity index (χ1) is 5.26. The van der Waals surface area contributed by atoms with E-state index in [2.05, 4.69) is 14.3 Å². The molecule has 0 aromatic heterocycles. The van der Waals surface area contributed by atoms with Gasteiger partial charge in [-0.15, -0.1) is 0 Å². The van der Waals surface area contributed by atoms with Gasteiger partial charge in [-0.2, -0.15) is 0 Å². The summed E-state index contributed by atoms with van der Waals surface area (Å²) in [6, 6.07) is -0.789. The smallest absolute Gasteiger partial charge is 0.333 e. The Hall–Kier alpha value is -0.930. The number of nitrogens with zero attached hydrogens (tertiary/aromatic N) is 3. The van der Waals surface area contributed by atoms with Crippen LogP contribution in [0.25, 0.3) is 10.4 Å². The highest BCUT2D eigenvalue weighted by atomic mass is 35.5. The molecule has 0 saturated carbocycles. The predicted octanol–water partition coefficient (Wildman–Crippen LogP) is 2.16. The van der Waals surface area contributed by atoms with E-state index in [-0.39, 0.29) is 0 Å². The zero-order valence-electron chi connectivity index (χ0n) is 6.03. The Balaban J connectivity index is 4.08. The van der Waals surface area contributed by atoms with Gasteiger partial charge in [0, 0.05) is 4.91 Å². The van der Waals surface area contributed by atoms with Gasteiger partial charge in [0.05, 0.1) is 0 Å². The fourth-order valence-corrected chi connectivity index (χ4v) is 0.713. The minimum atomic E-state index is -0.789. The third kappa shape index (κ3) is 3.70. The molecular formula is C5H8ClN3O2. The van der Waals surface area contributed by atoms with Crippen molar-refractivity contribution in [2.45, 2.75) is 25.8 Å². The van der Waals surface area contributed by atoms with E-state index in [4.69, 9.17) is 17.4 Å². The van der Waals surface area contributed by atoms with Crippen LogP contribution in [0.15, 0.2) is 5.11 Å². The van der Waals surface area contributed by atoms with Crippen molar-refractivity contribution in [3.63, 3.8) is 0 Å². The Kier molecular flexibility index (Phi) is 5.33. The number of hydrogen-bond acceptors (Lipinski definition) is 3. The molecule has 0 fully saturated rings. The van der Waals surface area contributed by atoms with Crippen molar-refractivity contribution in [1.82, 2.24) is 0 Å². The molecule has 0 aliphatic heterocycles. The topological polar surface area (TPSA) is 75.1 Å². The molecule has 5 nitrogen and oxygen atoms in total. The molecule has 0 rings (SSSR count). The van der Waals surface area contributed by atoms with E-state index in [1.54, 1.807) is 0 Å². The van der Waals surface area contributed by atoms with Crippen LogP contribution in [-0.2, 0) is 9.08 Å². The van der Waals surface area contributed by atoms with Gasteiger partial charge in [-0.05, 0) is 12.0 Å². The van der Waals surface area contributed by atoms with Crippen LogP contribution < -0.4 is 0 Å². The summed E-state index contributed by atoms with van der Waals surface area (Å²) in [6.45, 7) is 1.86. The first-order valence-corrected chi connectivity index (χ1v) is 3.43. The van der Waals surface area contributed by atoms with E-state index in [9.17, 15) is 4.79 Å². The summed E-state index contributed by atoms with van der Waals surface area (Å²) in [6.07, 6.45) is 1.19. The quantitative estimate of drug-likeness (QED) is 0.375. The minimum Gasteiger partial charge on any atom is -0.347 e. The van der Waals surface area contributed by atoms with E-state index in [0.717, 1.165) is 6.42 Å². The molecule has 0 N–H and O–H groups in total. The molecule has 0 amide bonds. The van der Waals surface area contributed by atoms with Gasteiger partial charge in [-0.3, -0.25) is 4.79 Å². The maximum Gasteiger partial charge on any atom is 0.333 e. The lowest BCUT2D eigenvalue weighted by Crippen LogP contribution is -2.17. The monoisotopic (exact) mass is 177 g/mol. The maximum atomic E-state index is 10.7. The fourth-order valence-electron chi connectivity index (χ4n) is 0.610. The number of carbonyl (C=O) groups is 1. The SMILES string of the molecule is CCCC(N=[N+]=[N-])C(=O)OCl. The van der Waals surface area contributed by atoms with Gasteiger partial charge in [-0.25, -0.2) is 0 Å². The second kappa shape index (κ2) is 5.82. The van der Waals surface area contributed by atoms with Gasteiger partial charge in [0.1, 0.15) is 17.9 Å². The lowest BCUT2D eigenvalue weighted by molar-refractivity contribution is -0.135. The Labute approximate surface area is 69.1 Å². The molecule has 0 aromatic rings. The van der Waals surface area contributed by atoms with Crippen LogP contribution in [0.3, 0.4) is 0 Å². The number of rotatable bonds is 4. The van der Waals surface area contributed by atoms with Crippen LogP contribution >= 0.6 is 11.9 Å². The molecule has 1 atom stereocenters. The van der Waals surface area contributed by atoms with Crippen LogP contribution in [0.2, 0.25) is 0 Å². The van der Waals surface area contributed by atoms with Gasteiger partial charge < -0.3 is 4.29 Å². The molecule has 62 valence electrons. The molecule has 0 radical (unpaired) electrons. The Morgan fingerprint density at radius 1 is 1.91 bits per heavy atom. The van der Waals surface area contributed by atoms with Gasteiger partial charge in [0.2, 0.25) is 0 Å². The Bertz CT molecular complexity index is 179. The van der Waals surface area contributed by atoms with Crippen molar-refractivity contribution in [2.75, 3.05) is 0 Å². The van der Waals surface area contributed by atoms with Crippen LogP contribution in [-0.4, -0.2) is 12.0 Å². The highest BCUT2D eigenvalue weighted by Crippen LogP contribution is 2.05. The predicted molar refractivity (Wildman–Crippen MR) is 39.8 cm³/mol. The van der Waals surface area contributed by atoms with Crippen LogP contribution in [0.4, 0.5) is 0 Å². The molecule has 0 bridgehead atoms. The van der Waals surface area contributed by atoms with Gasteiger partial charge in [0.15, 0.2) is 0 Å². The average molecular weight is 178 g/mol. The number of hydrogen-bond donors (Lipinski definition) is 0. The maximum absolute atomic E-state index is 10.7. The molecule has 11 heavy (non-hydrogen) atoms. The zero-order valence-corrected chi connectivity index (χ0v) is 6.78. The van der Waals surface area contributed by atoms with Crippen molar-refractivity contribution < 1.29 is 9.08 Å². The normalized spacial score (nSPS) is 11.5. The molecular weight excluding hydrogens is 170 g/mol. The first kappa shape index (κ1) is 10.1. The highest BCUT2D eigenvalue weighted by molar-refractivity contribution is 6.13. The lowest BCUT2D eigenvalue weighted by atomic mass is 10.2. The van der Waals surface area contributed by atoms with E-state index in [1.165, 1.54) is 0 Å². The van der Waals surface area contributed by atoms with Crippen LogP contribution in [0, 0.1) is 0 Å². The summed E-state index contributed by atoms with van der Waals surface area (Å²) >= 11 is 4.79. The molecule has 6 heteroatoms. The standard InChI is InChI=1S/C5H8ClN3O2/c1-2-3-4(8-9-7)5(10)11-6/h4H,2-3H2,1H3. The minimum absolute atomic E-state index is 0.454. The van der Waals surface area contributed by atoms with Gasteiger partial charge in [-0.1, -0.05) is 18.5 Å². The molecule has 1 unspecified atom stereocenters. The Morgan fingerprint density at radius 2 is 2.55 bits per heavy atom. The zero-order chi connectivity index (χ0) is 8.69. The van der Waals surface area contributed by atoms with Crippen molar-refractivity contribution in [3.8, 4) is 0 Å². The number of carbonyl (C=O) groups excluding carboxylic acids is 1. The van der Waals surface area contributed by atoms with Crippen molar-refractivity contribution in [1.29, 1.82) is 0 Å². The van der Waals surface area contributed by atoms with Crippen molar-refractivity contribution >= 4 is 17.8 Å². The van der Waals surface area contributed by atoms with E-state index < -0.39 is 12.0 Å². The third-order valence-corrected chi connectivity index (χ3v) is 1.25. The second-order valence-corrected chi connectivity index (χ2v) is 2.06. The average Bonchev–Trinajstić information content (AvgIpc) is 2.03. The largest absolute Gasteiger partial charge is 0.347 e. The molecule has 0 aliphatic carbocycles. The fraction of sp³-hybridized carbons (Fsp3) is 0.800. The van der Waals surface area contributed by atoms with Crippen molar-refractivity contribution in [3.05, 3.63) is 10.4 Å². The van der Waals surface area contributed by atoms with Crippen molar-refractivity contribution in [2.24, 2.45) is 5.11 Å². The summed E-state index contributed by atoms with van der Waals surface area (Å²) in [7, 11) is 0. The Morgan fingerprint density at radius 3 is 2.91 bits per heavy atom. The third-order valence-electron chi connectivity index (χ3n) is 1.10.